The van der Waals surface area contributed by atoms with Crippen molar-refractivity contribution >= 4 is 11.7 Å². The van der Waals surface area contributed by atoms with E-state index >= 15 is 0 Å². The Morgan fingerprint density at radius 3 is 2.50 bits per heavy atom. The van der Waals surface area contributed by atoms with E-state index in [0.29, 0.717) is 19.0 Å². The highest BCUT2D eigenvalue weighted by molar-refractivity contribution is 5.69. The number of anilines is 1. The second-order valence-corrected chi connectivity index (χ2v) is 4.27. The predicted molar refractivity (Wildman–Crippen MR) is 65.9 cm³/mol. The van der Waals surface area contributed by atoms with E-state index in [4.69, 9.17) is 0 Å². The third kappa shape index (κ3) is 4.40. The molecule has 20 heavy (non-hydrogen) atoms. The molecule has 0 spiro atoms. The van der Waals surface area contributed by atoms with Crippen LogP contribution in [0.1, 0.15) is 18.4 Å². The van der Waals surface area contributed by atoms with Gasteiger partial charge in [0, 0.05) is 20.0 Å². The molecule has 0 fully saturated rings. The summed E-state index contributed by atoms with van der Waals surface area (Å²) in [5.74, 6) is -1.33. The van der Waals surface area contributed by atoms with E-state index in [2.05, 4.69) is 4.74 Å². The number of esters is 1. The van der Waals surface area contributed by atoms with Crippen molar-refractivity contribution in [2.45, 2.75) is 19.0 Å². The molecular formula is C13H15F4NO2. The lowest BCUT2D eigenvalue weighted by molar-refractivity contribution is -0.140. The van der Waals surface area contributed by atoms with Gasteiger partial charge < -0.3 is 9.64 Å². The van der Waals surface area contributed by atoms with Crippen molar-refractivity contribution in [2.75, 3.05) is 25.6 Å². The summed E-state index contributed by atoms with van der Waals surface area (Å²) in [4.78, 5) is 12.4. The molecule has 7 heteroatoms. The minimum atomic E-state index is -4.57. The Hall–Kier alpha value is -1.79. The largest absolute Gasteiger partial charge is 0.469 e. The van der Waals surface area contributed by atoms with Gasteiger partial charge in [0.25, 0.3) is 0 Å². The van der Waals surface area contributed by atoms with E-state index in [-0.39, 0.29) is 18.1 Å². The third-order valence-electron chi connectivity index (χ3n) is 2.79. The first-order chi connectivity index (χ1) is 9.25. The van der Waals surface area contributed by atoms with Crippen LogP contribution in [0.4, 0.5) is 23.2 Å². The standard InChI is InChI=1S/C13H15F4NO2/c1-18(7-3-4-12(19)20-2)11-6-5-9(8-10(11)14)13(15,16)17/h5-6,8H,3-4,7H2,1-2H3. The van der Waals surface area contributed by atoms with E-state index in [0.717, 1.165) is 12.1 Å². The molecule has 1 aromatic rings. The maximum Gasteiger partial charge on any atom is 0.416 e. The van der Waals surface area contributed by atoms with Crippen LogP contribution in [0.2, 0.25) is 0 Å². The second kappa shape index (κ2) is 6.58. The number of benzene rings is 1. The zero-order chi connectivity index (χ0) is 15.3. The van der Waals surface area contributed by atoms with Crippen LogP contribution < -0.4 is 4.90 Å². The van der Waals surface area contributed by atoms with Gasteiger partial charge in [-0.3, -0.25) is 4.79 Å². The molecule has 0 saturated carbocycles. The van der Waals surface area contributed by atoms with Gasteiger partial charge in [0.15, 0.2) is 0 Å². The van der Waals surface area contributed by atoms with E-state index in [1.54, 1.807) is 7.05 Å². The van der Waals surface area contributed by atoms with Crippen LogP contribution in [0.5, 0.6) is 0 Å². The maximum absolute atomic E-state index is 13.6. The predicted octanol–water partition coefficient (Wildman–Crippen LogP) is 3.23. The van der Waals surface area contributed by atoms with Crippen molar-refractivity contribution in [1.82, 2.24) is 0 Å². The van der Waals surface area contributed by atoms with Gasteiger partial charge >= 0.3 is 12.1 Å². The molecule has 0 aliphatic heterocycles. The van der Waals surface area contributed by atoms with Crippen LogP contribution in [-0.2, 0) is 15.7 Å². The minimum Gasteiger partial charge on any atom is -0.469 e. The number of carbonyl (C=O) groups is 1. The van der Waals surface area contributed by atoms with Crippen LogP contribution >= 0.6 is 0 Å². The number of nitrogens with zero attached hydrogens (tertiary/aromatic N) is 1. The summed E-state index contributed by atoms with van der Waals surface area (Å²) in [5, 5.41) is 0. The summed E-state index contributed by atoms with van der Waals surface area (Å²) in [5.41, 5.74) is -0.968. The average molecular weight is 293 g/mol. The van der Waals surface area contributed by atoms with Gasteiger partial charge in [-0.1, -0.05) is 0 Å². The minimum absolute atomic E-state index is 0.0582. The van der Waals surface area contributed by atoms with Crippen molar-refractivity contribution < 1.29 is 27.1 Å². The summed E-state index contributed by atoms with van der Waals surface area (Å²) in [6, 6.07) is 2.37. The van der Waals surface area contributed by atoms with Gasteiger partial charge in [-0.2, -0.15) is 13.2 Å². The molecule has 0 aliphatic carbocycles. The number of halogens is 4. The molecule has 0 radical (unpaired) electrons. The van der Waals surface area contributed by atoms with Crippen molar-refractivity contribution in [3.05, 3.63) is 29.6 Å². The van der Waals surface area contributed by atoms with Crippen molar-refractivity contribution in [3.63, 3.8) is 0 Å². The number of carbonyl (C=O) groups excluding carboxylic acids is 1. The summed E-state index contributed by atoms with van der Waals surface area (Å²) in [7, 11) is 2.81. The fourth-order valence-corrected chi connectivity index (χ4v) is 1.68. The molecule has 3 nitrogen and oxygen atoms in total. The number of ether oxygens (including phenoxy) is 1. The van der Waals surface area contributed by atoms with E-state index < -0.39 is 17.6 Å². The molecule has 0 amide bonds. The Morgan fingerprint density at radius 2 is 2.00 bits per heavy atom. The molecule has 0 aliphatic rings. The van der Waals surface area contributed by atoms with Crippen LogP contribution in [0.15, 0.2) is 18.2 Å². The third-order valence-corrected chi connectivity index (χ3v) is 2.79. The second-order valence-electron chi connectivity index (χ2n) is 4.27. The Kier molecular flexibility index (Phi) is 5.35. The first-order valence-electron chi connectivity index (χ1n) is 5.90. The van der Waals surface area contributed by atoms with Gasteiger partial charge in [0.05, 0.1) is 18.4 Å². The van der Waals surface area contributed by atoms with Crippen molar-refractivity contribution in [2.24, 2.45) is 0 Å². The molecule has 1 rings (SSSR count). The first-order valence-corrected chi connectivity index (χ1v) is 5.90. The Bertz CT molecular complexity index is 474. The van der Waals surface area contributed by atoms with Gasteiger partial charge in [-0.05, 0) is 24.6 Å². The molecule has 1 aromatic carbocycles. The molecule has 0 N–H and O–H groups in total. The fraction of sp³-hybridized carbons (Fsp3) is 0.462. The topological polar surface area (TPSA) is 29.5 Å². The van der Waals surface area contributed by atoms with E-state index in [9.17, 15) is 22.4 Å². The van der Waals surface area contributed by atoms with Crippen LogP contribution in [0.3, 0.4) is 0 Å². The van der Waals surface area contributed by atoms with Crippen LogP contribution in [0, 0.1) is 5.82 Å². The van der Waals surface area contributed by atoms with Crippen molar-refractivity contribution in [3.8, 4) is 0 Å². The van der Waals surface area contributed by atoms with Crippen molar-refractivity contribution in [1.29, 1.82) is 0 Å². The van der Waals surface area contributed by atoms with E-state index in [1.807, 2.05) is 0 Å². The summed E-state index contributed by atoms with van der Waals surface area (Å²) in [6.45, 7) is 0.331. The molecule has 0 atom stereocenters. The summed E-state index contributed by atoms with van der Waals surface area (Å²) in [6.07, 6.45) is -3.98. The average Bonchev–Trinajstić information content (AvgIpc) is 2.37. The lowest BCUT2D eigenvalue weighted by Gasteiger charge is -2.20. The quantitative estimate of drug-likeness (QED) is 0.616. The number of hydrogen-bond acceptors (Lipinski definition) is 3. The number of methoxy groups -OCH3 is 1. The van der Waals surface area contributed by atoms with Gasteiger partial charge in [-0.25, -0.2) is 4.39 Å². The first kappa shape index (κ1) is 16.3. The highest BCUT2D eigenvalue weighted by atomic mass is 19.4. The number of alkyl halides is 3. The van der Waals surface area contributed by atoms with Gasteiger partial charge in [-0.15, -0.1) is 0 Å². The smallest absolute Gasteiger partial charge is 0.416 e. The molecule has 0 bridgehead atoms. The Morgan fingerprint density at radius 1 is 1.35 bits per heavy atom. The summed E-state index contributed by atoms with van der Waals surface area (Å²) >= 11 is 0. The molecule has 0 saturated heterocycles. The monoisotopic (exact) mass is 293 g/mol. The number of hydrogen-bond donors (Lipinski definition) is 0. The SMILES string of the molecule is COC(=O)CCCN(C)c1ccc(C(F)(F)F)cc1F. The van der Waals surface area contributed by atoms with E-state index in [1.165, 1.54) is 12.0 Å². The summed E-state index contributed by atoms with van der Waals surface area (Å²) < 4.78 is 55.3. The molecule has 112 valence electrons. The number of rotatable bonds is 5. The van der Waals surface area contributed by atoms with Crippen LogP contribution in [-0.4, -0.2) is 26.7 Å². The lowest BCUT2D eigenvalue weighted by atomic mass is 10.1. The highest BCUT2D eigenvalue weighted by Gasteiger charge is 2.31. The zero-order valence-electron chi connectivity index (χ0n) is 11.1. The Labute approximate surface area is 114 Å². The normalized spacial score (nSPS) is 11.3. The molecular weight excluding hydrogens is 278 g/mol. The fourth-order valence-electron chi connectivity index (χ4n) is 1.68. The lowest BCUT2D eigenvalue weighted by Crippen LogP contribution is -2.21. The molecule has 0 unspecified atom stereocenters. The maximum atomic E-state index is 13.6. The molecule has 0 heterocycles. The van der Waals surface area contributed by atoms with Gasteiger partial charge in [0.1, 0.15) is 5.82 Å². The van der Waals surface area contributed by atoms with Crippen LogP contribution in [0.25, 0.3) is 0 Å². The Balaban J connectivity index is 2.69. The molecule has 0 aromatic heterocycles. The highest BCUT2D eigenvalue weighted by Crippen LogP contribution is 2.32. The zero-order valence-corrected chi connectivity index (χ0v) is 11.1. The van der Waals surface area contributed by atoms with Gasteiger partial charge in [0.2, 0.25) is 0 Å².